The third-order valence-electron chi connectivity index (χ3n) is 3.42. The first-order valence-electron chi connectivity index (χ1n) is 7.41. The van der Waals surface area contributed by atoms with E-state index in [1.165, 1.54) is 0 Å². The molecule has 1 N–H and O–H groups in total. The number of nitrogens with one attached hydrogen (secondary N) is 1. The van der Waals surface area contributed by atoms with Gasteiger partial charge in [-0.3, -0.25) is 0 Å². The third-order valence-corrected chi connectivity index (χ3v) is 4.59. The zero-order chi connectivity index (χ0) is 20.9. The second-order valence-corrected chi connectivity index (χ2v) is 7.84. The Morgan fingerprint density at radius 1 is 0.821 bits per heavy atom. The number of rotatable bonds is 4. The number of carbonyl (C=O) groups excluding carboxylic acids is 2. The molecule has 0 saturated heterocycles. The van der Waals surface area contributed by atoms with E-state index in [2.05, 4.69) is 15.4 Å². The van der Waals surface area contributed by atoms with Gasteiger partial charge in [0.15, 0.2) is 0 Å². The van der Waals surface area contributed by atoms with Gasteiger partial charge in [0.25, 0.3) is 0 Å². The highest BCUT2D eigenvalue weighted by atomic mass is 32.5. The van der Waals surface area contributed by atoms with Gasteiger partial charge >= 0.3 is 16.4 Å². The Hall–Kier alpha value is -3.30. The van der Waals surface area contributed by atoms with Crippen molar-refractivity contribution in [1.82, 2.24) is 15.4 Å². The predicted molar refractivity (Wildman–Crippen MR) is 93.6 cm³/mol. The van der Waals surface area contributed by atoms with E-state index in [9.17, 15) is 19.4 Å². The average Bonchev–Trinajstić information content (AvgIpc) is 3.13. The van der Waals surface area contributed by atoms with Gasteiger partial charge in [-0.25, -0.2) is 0 Å². The summed E-state index contributed by atoms with van der Waals surface area (Å²) in [6, 6.07) is 9.79. The predicted octanol–water partition coefficient (Wildman–Crippen LogP) is 5.72. The first-order chi connectivity index (χ1) is 12.9. The Morgan fingerprint density at radius 2 is 1.32 bits per heavy atom. The molecule has 0 amide bonds. The molecule has 148 valence electrons. The normalized spacial score (nSPS) is 13.8. The van der Waals surface area contributed by atoms with Crippen LogP contribution in [0.25, 0.3) is 23.3 Å². The molecule has 1 heterocycles. The van der Waals surface area contributed by atoms with Gasteiger partial charge in [0, 0.05) is 0 Å². The number of hydrogen-bond donors (Lipinski definition) is 1. The summed E-state index contributed by atoms with van der Waals surface area (Å²) in [6.07, 6.45) is 5.33. The summed E-state index contributed by atoms with van der Waals surface area (Å²) < 4.78 is 63.6. The Morgan fingerprint density at radius 3 is 1.75 bits per heavy atom. The standard InChI is InChI=1S/C16H12F5N3S.CO2/c17-25(18,19,20,21)16-9-6-14(7-10-16)13-4-1-12(2-5-13)3-8-15-11-22-24-23-15;2-1-3/h1-11H,(H,22,23,24);. The molecule has 0 fully saturated rings. The first-order valence-corrected chi connectivity index (χ1v) is 9.36. The molecule has 0 spiro atoms. The van der Waals surface area contributed by atoms with Crippen molar-refractivity contribution >= 4 is 28.5 Å². The smallest absolute Gasteiger partial charge is 0.197 e. The van der Waals surface area contributed by atoms with Gasteiger partial charge in [0.05, 0.1) is 6.20 Å². The number of aromatic nitrogens is 3. The van der Waals surface area contributed by atoms with Crippen molar-refractivity contribution in [2.24, 2.45) is 0 Å². The summed E-state index contributed by atoms with van der Waals surface area (Å²) in [4.78, 5) is 14.4. The molecule has 0 bridgehead atoms. The molecule has 2 aromatic carbocycles. The van der Waals surface area contributed by atoms with Crippen molar-refractivity contribution in [1.29, 1.82) is 0 Å². The maximum absolute atomic E-state index is 12.7. The molecular formula is C17H12F5N3O2S. The van der Waals surface area contributed by atoms with Gasteiger partial charge in [-0.2, -0.15) is 25.0 Å². The van der Waals surface area contributed by atoms with Crippen LogP contribution in [-0.2, 0) is 9.59 Å². The Bertz CT molecular complexity index is 995. The summed E-state index contributed by atoms with van der Waals surface area (Å²) in [5.41, 5.74) is 2.52. The lowest BCUT2D eigenvalue weighted by Gasteiger charge is -2.40. The van der Waals surface area contributed by atoms with Crippen LogP contribution in [0.15, 0.2) is 59.6 Å². The first kappa shape index (κ1) is 21.0. The van der Waals surface area contributed by atoms with E-state index in [4.69, 9.17) is 9.59 Å². The molecule has 0 unspecified atom stereocenters. The molecule has 0 saturated carbocycles. The van der Waals surface area contributed by atoms with Crippen LogP contribution in [0.2, 0.25) is 0 Å². The number of aromatic amines is 1. The number of H-pyrrole nitrogens is 1. The van der Waals surface area contributed by atoms with Crippen molar-refractivity contribution in [3.05, 3.63) is 66.0 Å². The molecule has 0 aliphatic heterocycles. The van der Waals surface area contributed by atoms with Crippen LogP contribution in [0, 0.1) is 0 Å². The Balaban J connectivity index is 0.000000878. The summed E-state index contributed by atoms with van der Waals surface area (Å²) in [6.45, 7) is 0. The number of hydrogen-bond acceptors (Lipinski definition) is 4. The molecule has 3 rings (SSSR count). The summed E-state index contributed by atoms with van der Waals surface area (Å²) in [7, 11) is -9.63. The molecule has 3 aromatic rings. The third kappa shape index (κ3) is 5.86. The van der Waals surface area contributed by atoms with E-state index >= 15 is 0 Å². The van der Waals surface area contributed by atoms with Crippen molar-refractivity contribution in [3.8, 4) is 11.1 Å². The Kier molecular flexibility index (Phi) is 5.27. The van der Waals surface area contributed by atoms with Crippen LogP contribution in [0.1, 0.15) is 11.3 Å². The molecule has 0 atom stereocenters. The molecule has 1 aromatic heterocycles. The van der Waals surface area contributed by atoms with E-state index in [0.29, 0.717) is 29.0 Å². The van der Waals surface area contributed by atoms with Gasteiger partial charge in [0.1, 0.15) is 10.6 Å². The highest BCUT2D eigenvalue weighted by Gasteiger charge is 2.65. The lowest BCUT2D eigenvalue weighted by molar-refractivity contribution is -0.191. The van der Waals surface area contributed by atoms with Gasteiger partial charge in [-0.1, -0.05) is 61.9 Å². The molecule has 0 radical (unpaired) electrons. The molecule has 11 heteroatoms. The van der Waals surface area contributed by atoms with Crippen molar-refractivity contribution < 1.29 is 29.0 Å². The number of nitrogens with zero attached hydrogens (tertiary/aromatic N) is 2. The van der Waals surface area contributed by atoms with Crippen LogP contribution in [0.3, 0.4) is 0 Å². The van der Waals surface area contributed by atoms with Gasteiger partial charge in [-0.15, -0.1) is 0 Å². The monoisotopic (exact) mass is 417 g/mol. The molecular weight excluding hydrogens is 405 g/mol. The van der Waals surface area contributed by atoms with E-state index in [-0.39, 0.29) is 6.15 Å². The van der Waals surface area contributed by atoms with Crippen LogP contribution in [-0.4, -0.2) is 21.6 Å². The fraction of sp³-hybridized carbons (Fsp3) is 0. The highest BCUT2D eigenvalue weighted by molar-refractivity contribution is 8.45. The largest absolute Gasteiger partial charge is 0.373 e. The minimum atomic E-state index is -9.63. The van der Waals surface area contributed by atoms with Crippen molar-refractivity contribution in [3.63, 3.8) is 0 Å². The van der Waals surface area contributed by atoms with Crippen LogP contribution in [0.4, 0.5) is 19.4 Å². The second kappa shape index (κ2) is 7.02. The zero-order valence-corrected chi connectivity index (χ0v) is 14.7. The quantitative estimate of drug-likeness (QED) is 0.551. The fourth-order valence-electron chi connectivity index (χ4n) is 2.16. The lowest BCUT2D eigenvalue weighted by Crippen LogP contribution is -2.05. The van der Waals surface area contributed by atoms with E-state index in [0.717, 1.165) is 17.7 Å². The highest BCUT2D eigenvalue weighted by Crippen LogP contribution is 3.02. The zero-order valence-electron chi connectivity index (χ0n) is 13.9. The minimum absolute atomic E-state index is 0.250. The SMILES string of the molecule is FS(F)(F)(F)(F)c1ccc(-c2ccc(C=Cc3cn[nH]n3)cc2)cc1.O=C=O. The van der Waals surface area contributed by atoms with Crippen molar-refractivity contribution in [2.45, 2.75) is 4.90 Å². The summed E-state index contributed by atoms with van der Waals surface area (Å²) >= 11 is 0. The molecule has 0 aliphatic rings. The van der Waals surface area contributed by atoms with Crippen LogP contribution < -0.4 is 0 Å². The van der Waals surface area contributed by atoms with Crippen LogP contribution in [0.5, 0.6) is 0 Å². The van der Waals surface area contributed by atoms with Crippen molar-refractivity contribution in [2.75, 3.05) is 0 Å². The lowest BCUT2D eigenvalue weighted by atomic mass is 10.0. The topological polar surface area (TPSA) is 75.7 Å². The molecule has 0 aliphatic carbocycles. The van der Waals surface area contributed by atoms with Gasteiger partial charge in [-0.05, 0) is 34.9 Å². The minimum Gasteiger partial charge on any atom is -0.197 e. The fourth-order valence-corrected chi connectivity index (χ4v) is 2.81. The summed E-state index contributed by atoms with van der Waals surface area (Å²) in [5, 5.41) is 10.0. The summed E-state index contributed by atoms with van der Waals surface area (Å²) in [5.74, 6) is 0. The number of halogens is 5. The molecule has 28 heavy (non-hydrogen) atoms. The maximum atomic E-state index is 12.7. The maximum Gasteiger partial charge on any atom is 0.373 e. The average molecular weight is 417 g/mol. The number of benzene rings is 2. The van der Waals surface area contributed by atoms with E-state index in [1.807, 2.05) is 0 Å². The Labute approximate surface area is 155 Å². The molecule has 5 nitrogen and oxygen atoms in total. The van der Waals surface area contributed by atoms with Gasteiger partial charge < -0.3 is 0 Å². The van der Waals surface area contributed by atoms with Gasteiger partial charge in [0.2, 0.25) is 0 Å². The van der Waals surface area contributed by atoms with E-state index < -0.39 is 15.1 Å². The second-order valence-electron chi connectivity index (χ2n) is 5.43. The van der Waals surface area contributed by atoms with E-state index in [1.54, 1.807) is 42.6 Å². The van der Waals surface area contributed by atoms with Crippen LogP contribution >= 0.6 is 10.2 Å².